The van der Waals surface area contributed by atoms with Gasteiger partial charge in [0.25, 0.3) is 0 Å². The molecule has 0 saturated carbocycles. The van der Waals surface area contributed by atoms with Gasteiger partial charge in [0.15, 0.2) is 0 Å². The van der Waals surface area contributed by atoms with Crippen molar-refractivity contribution < 1.29 is 4.52 Å². The normalized spacial score (nSPS) is 10.5. The number of hydrogen-bond acceptors (Lipinski definition) is 3. The minimum absolute atomic E-state index is 0.0619. The number of halogens is 1. The van der Waals surface area contributed by atoms with Gasteiger partial charge in [0.2, 0.25) is 5.62 Å². The lowest BCUT2D eigenvalue weighted by Crippen LogP contribution is -2.26. The van der Waals surface area contributed by atoms with Crippen LogP contribution in [0.5, 0.6) is 0 Å². The van der Waals surface area contributed by atoms with Crippen molar-refractivity contribution >= 4 is 11.6 Å². The Morgan fingerprint density at radius 3 is 2.60 bits per heavy atom. The lowest BCUT2D eigenvalue weighted by Gasteiger charge is -2.00. The zero-order chi connectivity index (χ0) is 11.0. The van der Waals surface area contributed by atoms with Crippen molar-refractivity contribution in [1.82, 2.24) is 9.31 Å². The van der Waals surface area contributed by atoms with Gasteiger partial charge in [-0.2, -0.15) is 4.74 Å². The van der Waals surface area contributed by atoms with E-state index in [1.54, 1.807) is 24.3 Å². The topological polar surface area (TPSA) is 63.9 Å². The summed E-state index contributed by atoms with van der Waals surface area (Å²) in [4.78, 5) is 11.4. The Bertz CT molecular complexity index is 608. The highest BCUT2D eigenvalue weighted by Gasteiger charge is 2.10. The molecule has 2 rings (SSSR count). The van der Waals surface area contributed by atoms with Crippen molar-refractivity contribution in [2.24, 2.45) is 7.05 Å². The highest BCUT2D eigenvalue weighted by Crippen LogP contribution is 2.16. The van der Waals surface area contributed by atoms with Crippen molar-refractivity contribution in [2.75, 3.05) is 0 Å². The van der Waals surface area contributed by atoms with Crippen LogP contribution in [0.25, 0.3) is 5.69 Å². The minimum Gasteiger partial charge on any atom is -0.318 e. The number of nitrogens with zero attached hydrogens (tertiary/aromatic N) is 2. The van der Waals surface area contributed by atoms with Crippen molar-refractivity contribution in [3.63, 3.8) is 0 Å². The van der Waals surface area contributed by atoms with E-state index in [9.17, 15) is 4.79 Å². The Labute approximate surface area is 89.6 Å². The van der Waals surface area contributed by atoms with E-state index in [1.165, 1.54) is 7.05 Å². The number of aromatic nitrogens is 2. The first-order chi connectivity index (χ1) is 7.11. The molecule has 1 N–H and O–H groups in total. The molecule has 15 heavy (non-hydrogen) atoms. The Morgan fingerprint density at radius 1 is 1.40 bits per heavy atom. The molecule has 0 radical (unpaired) electrons. The summed E-state index contributed by atoms with van der Waals surface area (Å²) in [7, 11) is 1.48. The van der Waals surface area contributed by atoms with Gasteiger partial charge in [0.1, 0.15) is 0 Å². The molecule has 1 heterocycles. The maximum absolute atomic E-state index is 11.4. The third kappa shape index (κ3) is 1.50. The van der Waals surface area contributed by atoms with E-state index in [0.29, 0.717) is 10.7 Å². The number of benzene rings is 1. The van der Waals surface area contributed by atoms with Gasteiger partial charge in [-0.1, -0.05) is 23.7 Å². The smallest absolute Gasteiger partial charge is 0.318 e. The molecule has 0 atom stereocenters. The molecule has 0 fully saturated rings. The molecule has 0 amide bonds. The number of para-hydroxylation sites is 1. The van der Waals surface area contributed by atoms with E-state index < -0.39 is 5.76 Å². The molecule has 1 aromatic heterocycles. The molecule has 6 heteroatoms. The van der Waals surface area contributed by atoms with E-state index >= 15 is 0 Å². The maximum atomic E-state index is 11.4. The number of hydrogen-bond donors (Lipinski definition) is 1. The SMILES string of the molecule is Cn1oc(=O)n(-c2ccccc2Cl)c1=N. The molecule has 0 aliphatic carbocycles. The van der Waals surface area contributed by atoms with E-state index in [-0.39, 0.29) is 5.62 Å². The number of rotatable bonds is 1. The van der Waals surface area contributed by atoms with Crippen LogP contribution < -0.4 is 11.4 Å². The van der Waals surface area contributed by atoms with E-state index in [1.807, 2.05) is 0 Å². The van der Waals surface area contributed by atoms with Crippen LogP contribution in [0, 0.1) is 5.41 Å². The first kappa shape index (κ1) is 9.79. The quantitative estimate of drug-likeness (QED) is 0.784. The van der Waals surface area contributed by atoms with Crippen molar-refractivity contribution in [3.8, 4) is 5.69 Å². The minimum atomic E-state index is -0.629. The summed E-state index contributed by atoms with van der Waals surface area (Å²) in [6.45, 7) is 0. The fourth-order valence-corrected chi connectivity index (χ4v) is 1.49. The van der Waals surface area contributed by atoms with Gasteiger partial charge in [-0.3, -0.25) is 5.41 Å². The van der Waals surface area contributed by atoms with Crippen LogP contribution in [-0.2, 0) is 7.05 Å². The van der Waals surface area contributed by atoms with Crippen LogP contribution in [-0.4, -0.2) is 9.31 Å². The summed E-state index contributed by atoms with van der Waals surface area (Å²) in [5.41, 5.74) is 0.381. The predicted octanol–water partition coefficient (Wildman–Crippen LogP) is 0.902. The maximum Gasteiger partial charge on any atom is 0.446 e. The molecule has 5 nitrogen and oxygen atoms in total. The second-order valence-corrected chi connectivity index (χ2v) is 3.37. The van der Waals surface area contributed by atoms with Crippen LogP contribution in [0.2, 0.25) is 5.02 Å². The zero-order valence-electron chi connectivity index (χ0n) is 7.90. The van der Waals surface area contributed by atoms with Gasteiger partial charge in [-0.15, -0.1) is 0 Å². The molecular weight excluding hydrogens is 218 g/mol. The van der Waals surface area contributed by atoms with Gasteiger partial charge in [0.05, 0.1) is 10.7 Å². The van der Waals surface area contributed by atoms with Gasteiger partial charge in [0, 0.05) is 7.05 Å². The monoisotopic (exact) mass is 225 g/mol. The van der Waals surface area contributed by atoms with Gasteiger partial charge in [-0.05, 0) is 12.1 Å². The van der Waals surface area contributed by atoms with Gasteiger partial charge < -0.3 is 4.52 Å². The predicted molar refractivity (Wildman–Crippen MR) is 54.1 cm³/mol. The van der Waals surface area contributed by atoms with Crippen LogP contribution >= 0.6 is 11.6 Å². The summed E-state index contributed by atoms with van der Waals surface area (Å²) in [6.07, 6.45) is 0. The van der Waals surface area contributed by atoms with Crippen LogP contribution in [0.4, 0.5) is 0 Å². The third-order valence-electron chi connectivity index (χ3n) is 2.00. The largest absolute Gasteiger partial charge is 0.446 e. The fraction of sp³-hybridized carbons (Fsp3) is 0.111. The molecule has 0 saturated heterocycles. The second kappa shape index (κ2) is 3.43. The summed E-state index contributed by atoms with van der Waals surface area (Å²) < 4.78 is 6.91. The molecule has 2 aromatic rings. The first-order valence-electron chi connectivity index (χ1n) is 4.20. The van der Waals surface area contributed by atoms with Crippen molar-refractivity contribution in [1.29, 1.82) is 5.41 Å². The van der Waals surface area contributed by atoms with Crippen LogP contribution in [0.1, 0.15) is 0 Å². The molecule has 0 unspecified atom stereocenters. The third-order valence-corrected chi connectivity index (χ3v) is 2.32. The van der Waals surface area contributed by atoms with E-state index in [2.05, 4.69) is 0 Å². The van der Waals surface area contributed by atoms with Gasteiger partial charge in [-0.25, -0.2) is 9.36 Å². The number of nitrogens with one attached hydrogen (secondary N) is 1. The average Bonchev–Trinajstić information content (AvgIpc) is 2.43. The number of aryl methyl sites for hydroxylation is 1. The zero-order valence-corrected chi connectivity index (χ0v) is 8.65. The second-order valence-electron chi connectivity index (χ2n) is 2.97. The molecule has 0 aliphatic rings. The standard InChI is InChI=1S/C9H8ClN3O2/c1-12-8(11)13(9(14)15-12)7-5-3-2-4-6(7)10/h2-5,11H,1H3. The lowest BCUT2D eigenvalue weighted by atomic mass is 10.3. The Kier molecular flexibility index (Phi) is 2.24. The fourth-order valence-electron chi connectivity index (χ4n) is 1.27. The molecule has 78 valence electrons. The Hall–Kier alpha value is -1.75. The average molecular weight is 226 g/mol. The summed E-state index contributed by atoms with van der Waals surface area (Å²) in [5, 5.41) is 8.02. The molecule has 0 bridgehead atoms. The lowest BCUT2D eigenvalue weighted by molar-refractivity contribution is 0.272. The summed E-state index contributed by atoms with van der Waals surface area (Å²) in [6, 6.07) is 6.79. The van der Waals surface area contributed by atoms with Gasteiger partial charge >= 0.3 is 5.76 Å². The highest BCUT2D eigenvalue weighted by molar-refractivity contribution is 6.32. The summed E-state index contributed by atoms with van der Waals surface area (Å²) in [5.74, 6) is -0.629. The molecular formula is C9H8ClN3O2. The van der Waals surface area contributed by atoms with E-state index in [0.717, 1.165) is 9.31 Å². The molecule has 0 spiro atoms. The highest BCUT2D eigenvalue weighted by atomic mass is 35.5. The molecule has 1 aromatic carbocycles. The first-order valence-corrected chi connectivity index (χ1v) is 4.58. The van der Waals surface area contributed by atoms with E-state index in [4.69, 9.17) is 21.5 Å². The van der Waals surface area contributed by atoms with Crippen molar-refractivity contribution in [2.45, 2.75) is 0 Å². The van der Waals surface area contributed by atoms with Crippen molar-refractivity contribution in [3.05, 3.63) is 45.5 Å². The Balaban J connectivity index is 2.81. The Morgan fingerprint density at radius 2 is 2.07 bits per heavy atom. The molecule has 0 aliphatic heterocycles. The van der Waals surface area contributed by atoms with Crippen LogP contribution in [0.3, 0.4) is 0 Å². The van der Waals surface area contributed by atoms with Crippen LogP contribution in [0.15, 0.2) is 33.6 Å². The summed E-state index contributed by atoms with van der Waals surface area (Å²) >= 11 is 5.92.